The quantitative estimate of drug-likeness (QED) is 0.841. The topological polar surface area (TPSA) is 32.3 Å². The van der Waals surface area contributed by atoms with Crippen LogP contribution in [0.1, 0.15) is 31.0 Å². The zero-order valence-corrected chi connectivity index (χ0v) is 12.9. The summed E-state index contributed by atoms with van der Waals surface area (Å²) in [4.78, 5) is 0. The lowest BCUT2D eigenvalue weighted by molar-refractivity contribution is 0.409. The predicted octanol–water partition coefficient (Wildman–Crippen LogP) is 4.67. The van der Waals surface area contributed by atoms with Crippen LogP contribution in [0.5, 0.6) is 5.75 Å². The normalized spacial score (nSPS) is 12.6. The van der Waals surface area contributed by atoms with Gasteiger partial charge in [-0.1, -0.05) is 37.6 Å². The highest BCUT2D eigenvalue weighted by atomic mass is 35.5. The van der Waals surface area contributed by atoms with Crippen LogP contribution in [0, 0.1) is 11.7 Å². The summed E-state index contributed by atoms with van der Waals surface area (Å²) in [6.07, 6.45) is 0. The zero-order valence-electron chi connectivity index (χ0n) is 12.1. The van der Waals surface area contributed by atoms with Crippen LogP contribution in [0.15, 0.2) is 42.5 Å². The van der Waals surface area contributed by atoms with Gasteiger partial charge in [0.25, 0.3) is 0 Å². The van der Waals surface area contributed by atoms with Gasteiger partial charge in [0.15, 0.2) is 0 Å². The first-order chi connectivity index (χ1) is 9.95. The summed E-state index contributed by atoms with van der Waals surface area (Å²) in [5.41, 5.74) is 1.85. The summed E-state index contributed by atoms with van der Waals surface area (Å²) in [5.74, 6) is -0.118. The number of phenolic OH excluding ortho intramolecular Hbond substituents is 1. The lowest BCUT2D eigenvalue weighted by atomic mass is 9.96. The average Bonchev–Trinajstić information content (AvgIpc) is 2.39. The van der Waals surface area contributed by atoms with Crippen molar-refractivity contribution in [2.45, 2.75) is 26.4 Å². The molecule has 1 atom stereocenters. The van der Waals surface area contributed by atoms with Crippen LogP contribution in [0.25, 0.3) is 0 Å². The average molecular weight is 308 g/mol. The third-order valence-corrected chi connectivity index (χ3v) is 3.62. The third-order valence-electron chi connectivity index (χ3n) is 3.36. The molecular weight excluding hydrogens is 289 g/mol. The first kappa shape index (κ1) is 15.8. The molecule has 4 heteroatoms. The summed E-state index contributed by atoms with van der Waals surface area (Å²) in [6.45, 7) is 4.72. The van der Waals surface area contributed by atoms with Crippen LogP contribution in [0.3, 0.4) is 0 Å². The molecule has 0 radical (unpaired) electrons. The summed E-state index contributed by atoms with van der Waals surface area (Å²) in [6, 6.07) is 11.9. The van der Waals surface area contributed by atoms with E-state index in [4.69, 9.17) is 11.6 Å². The molecule has 0 fully saturated rings. The summed E-state index contributed by atoms with van der Waals surface area (Å²) >= 11 is 5.91. The number of halogens is 2. The number of rotatable bonds is 5. The first-order valence-corrected chi connectivity index (χ1v) is 7.31. The molecule has 0 bridgehead atoms. The minimum Gasteiger partial charge on any atom is -0.508 e. The monoisotopic (exact) mass is 307 g/mol. The van der Waals surface area contributed by atoms with E-state index in [1.807, 2.05) is 24.3 Å². The van der Waals surface area contributed by atoms with Gasteiger partial charge in [-0.25, -0.2) is 4.39 Å². The van der Waals surface area contributed by atoms with Crippen LogP contribution in [-0.4, -0.2) is 5.11 Å². The molecular formula is C17H19ClFNO. The fourth-order valence-corrected chi connectivity index (χ4v) is 2.50. The second kappa shape index (κ2) is 6.92. The molecule has 2 aromatic carbocycles. The maximum atomic E-state index is 13.3. The molecule has 2 aromatic rings. The van der Waals surface area contributed by atoms with Crippen molar-refractivity contribution in [3.05, 3.63) is 64.4 Å². The Kier molecular flexibility index (Phi) is 5.21. The van der Waals surface area contributed by atoms with E-state index in [9.17, 15) is 9.50 Å². The van der Waals surface area contributed by atoms with E-state index in [-0.39, 0.29) is 11.8 Å². The second-order valence-corrected chi connectivity index (χ2v) is 5.91. The Bertz CT molecular complexity index is 578. The Morgan fingerprint density at radius 3 is 2.38 bits per heavy atom. The molecule has 2 rings (SSSR count). The van der Waals surface area contributed by atoms with E-state index in [1.54, 1.807) is 6.07 Å². The van der Waals surface area contributed by atoms with Crippen molar-refractivity contribution >= 4 is 11.6 Å². The summed E-state index contributed by atoms with van der Waals surface area (Å²) < 4.78 is 13.3. The molecule has 2 N–H and O–H groups in total. The molecule has 0 saturated carbocycles. The maximum absolute atomic E-state index is 13.3. The smallest absolute Gasteiger partial charge is 0.127 e. The van der Waals surface area contributed by atoms with E-state index < -0.39 is 5.82 Å². The molecule has 21 heavy (non-hydrogen) atoms. The van der Waals surface area contributed by atoms with Gasteiger partial charge in [-0.3, -0.25) is 0 Å². The van der Waals surface area contributed by atoms with E-state index in [0.29, 0.717) is 23.0 Å². The van der Waals surface area contributed by atoms with E-state index >= 15 is 0 Å². The lowest BCUT2D eigenvalue weighted by Crippen LogP contribution is -2.25. The Morgan fingerprint density at radius 2 is 1.81 bits per heavy atom. The largest absolute Gasteiger partial charge is 0.508 e. The predicted molar refractivity (Wildman–Crippen MR) is 83.9 cm³/mol. The number of benzene rings is 2. The fourth-order valence-electron chi connectivity index (χ4n) is 2.37. The molecule has 1 unspecified atom stereocenters. The summed E-state index contributed by atoms with van der Waals surface area (Å²) in [7, 11) is 0. The molecule has 0 aliphatic heterocycles. The lowest BCUT2D eigenvalue weighted by Gasteiger charge is -2.23. The van der Waals surface area contributed by atoms with E-state index in [0.717, 1.165) is 11.6 Å². The molecule has 0 saturated heterocycles. The highest BCUT2D eigenvalue weighted by Crippen LogP contribution is 2.24. The second-order valence-electron chi connectivity index (χ2n) is 5.47. The maximum Gasteiger partial charge on any atom is 0.127 e. The van der Waals surface area contributed by atoms with Gasteiger partial charge in [0.2, 0.25) is 0 Å². The van der Waals surface area contributed by atoms with Gasteiger partial charge >= 0.3 is 0 Å². The number of hydrogen-bond donors (Lipinski definition) is 2. The molecule has 0 aromatic heterocycles. The van der Waals surface area contributed by atoms with Gasteiger partial charge in [0.1, 0.15) is 11.6 Å². The summed E-state index contributed by atoms with van der Waals surface area (Å²) in [5, 5.41) is 13.5. The number of phenols is 1. The molecule has 0 spiro atoms. The molecule has 0 aliphatic carbocycles. The van der Waals surface area contributed by atoms with Gasteiger partial charge in [-0.2, -0.15) is 0 Å². The SMILES string of the molecule is CC(C)C(NCc1cc(O)cc(F)c1)c1ccc(Cl)cc1. The number of hydrogen-bond acceptors (Lipinski definition) is 2. The highest BCUT2D eigenvalue weighted by Gasteiger charge is 2.15. The van der Waals surface area contributed by atoms with Crippen molar-refractivity contribution in [1.29, 1.82) is 0 Å². The molecule has 112 valence electrons. The van der Waals surface area contributed by atoms with Gasteiger partial charge in [0, 0.05) is 23.7 Å². The van der Waals surface area contributed by atoms with Crippen molar-refractivity contribution in [3.8, 4) is 5.75 Å². The van der Waals surface area contributed by atoms with Crippen LogP contribution in [-0.2, 0) is 6.54 Å². The van der Waals surface area contributed by atoms with Gasteiger partial charge < -0.3 is 10.4 Å². The van der Waals surface area contributed by atoms with Crippen molar-refractivity contribution in [1.82, 2.24) is 5.32 Å². The molecule has 0 aliphatic rings. The van der Waals surface area contributed by atoms with Crippen LogP contribution >= 0.6 is 11.6 Å². The Balaban J connectivity index is 2.11. The fraction of sp³-hybridized carbons (Fsp3) is 0.294. The van der Waals surface area contributed by atoms with E-state index in [1.165, 1.54) is 6.07 Å². The zero-order chi connectivity index (χ0) is 15.4. The first-order valence-electron chi connectivity index (χ1n) is 6.93. The Hall–Kier alpha value is -1.58. The Labute approximate surface area is 129 Å². The van der Waals surface area contributed by atoms with Crippen LogP contribution < -0.4 is 5.32 Å². The highest BCUT2D eigenvalue weighted by molar-refractivity contribution is 6.30. The van der Waals surface area contributed by atoms with Crippen LogP contribution in [0.4, 0.5) is 4.39 Å². The van der Waals surface area contributed by atoms with Gasteiger partial charge in [-0.05, 0) is 41.3 Å². The minimum absolute atomic E-state index is 0.0561. The standard InChI is InChI=1S/C17H19ClFNO/c1-11(2)17(13-3-5-14(18)6-4-13)20-10-12-7-15(19)9-16(21)8-12/h3-9,11,17,20-21H,10H2,1-2H3. The van der Waals surface area contributed by atoms with Crippen molar-refractivity contribution in [2.75, 3.05) is 0 Å². The number of nitrogens with one attached hydrogen (secondary N) is 1. The van der Waals surface area contributed by atoms with Crippen molar-refractivity contribution in [2.24, 2.45) is 5.92 Å². The molecule has 0 amide bonds. The van der Waals surface area contributed by atoms with Crippen molar-refractivity contribution < 1.29 is 9.50 Å². The van der Waals surface area contributed by atoms with Crippen molar-refractivity contribution in [3.63, 3.8) is 0 Å². The van der Waals surface area contributed by atoms with Gasteiger partial charge in [0.05, 0.1) is 0 Å². The Morgan fingerprint density at radius 1 is 1.14 bits per heavy atom. The van der Waals surface area contributed by atoms with Gasteiger partial charge in [-0.15, -0.1) is 0 Å². The van der Waals surface area contributed by atoms with Crippen LogP contribution in [0.2, 0.25) is 5.02 Å². The third kappa shape index (κ3) is 4.45. The van der Waals surface area contributed by atoms with E-state index in [2.05, 4.69) is 19.2 Å². The molecule has 2 nitrogen and oxygen atoms in total. The minimum atomic E-state index is -0.431. The molecule has 0 heterocycles. The number of aromatic hydroxyl groups is 1.